The normalized spacial score (nSPS) is 17.5. The lowest BCUT2D eigenvalue weighted by atomic mass is 10.4. The van der Waals surface area contributed by atoms with Crippen molar-refractivity contribution >= 4 is 11.7 Å². The van der Waals surface area contributed by atoms with Crippen LogP contribution in [0.15, 0.2) is 12.1 Å². The van der Waals surface area contributed by atoms with Gasteiger partial charge in [-0.05, 0) is 32.1 Å². The maximum atomic E-state index is 12.8. The molecule has 0 saturated carbocycles. The second-order valence-corrected chi connectivity index (χ2v) is 6.88. The van der Waals surface area contributed by atoms with Gasteiger partial charge in [-0.1, -0.05) is 13.8 Å². The van der Waals surface area contributed by atoms with E-state index in [1.807, 2.05) is 24.0 Å². The molecule has 2 aromatic rings. The Morgan fingerprint density at radius 3 is 2.26 bits per heavy atom. The first-order valence-electron chi connectivity index (χ1n) is 9.76. The number of fused-ring (bicyclic) bond motifs is 1. The fourth-order valence-corrected chi connectivity index (χ4v) is 3.28. The van der Waals surface area contributed by atoms with Crippen molar-refractivity contribution in [1.82, 2.24) is 39.8 Å². The molecule has 27 heavy (non-hydrogen) atoms. The SMILES string of the molecule is CCN1CCN(CC)CCN(C(=O)NCc2nnc3ccc(C)nn23)CC1. The van der Waals surface area contributed by atoms with E-state index in [1.54, 1.807) is 4.52 Å². The minimum Gasteiger partial charge on any atom is -0.331 e. The topological polar surface area (TPSA) is 81.9 Å². The van der Waals surface area contributed by atoms with Gasteiger partial charge in [0, 0.05) is 39.3 Å². The smallest absolute Gasteiger partial charge is 0.317 e. The number of rotatable bonds is 4. The van der Waals surface area contributed by atoms with Gasteiger partial charge in [-0.3, -0.25) is 0 Å². The van der Waals surface area contributed by atoms with E-state index in [2.05, 4.69) is 44.3 Å². The lowest BCUT2D eigenvalue weighted by Gasteiger charge is -2.25. The summed E-state index contributed by atoms with van der Waals surface area (Å²) in [5.74, 6) is 0.636. The van der Waals surface area contributed by atoms with Gasteiger partial charge in [0.25, 0.3) is 0 Å². The molecular formula is C18H30N8O. The van der Waals surface area contributed by atoms with Crippen LogP contribution in [0.2, 0.25) is 0 Å². The highest BCUT2D eigenvalue weighted by Gasteiger charge is 2.19. The van der Waals surface area contributed by atoms with Crippen LogP contribution in [0.4, 0.5) is 4.79 Å². The van der Waals surface area contributed by atoms with Gasteiger partial charge >= 0.3 is 6.03 Å². The van der Waals surface area contributed by atoms with E-state index in [0.29, 0.717) is 18.0 Å². The Balaban J connectivity index is 1.63. The van der Waals surface area contributed by atoms with E-state index in [0.717, 1.165) is 58.1 Å². The van der Waals surface area contributed by atoms with Crippen LogP contribution in [-0.4, -0.2) is 92.9 Å². The van der Waals surface area contributed by atoms with Crippen molar-refractivity contribution in [3.63, 3.8) is 0 Å². The summed E-state index contributed by atoms with van der Waals surface area (Å²) in [6.07, 6.45) is 0. The third kappa shape index (κ3) is 4.92. The molecule has 1 N–H and O–H groups in total. The Labute approximate surface area is 160 Å². The van der Waals surface area contributed by atoms with E-state index in [1.165, 1.54) is 0 Å². The molecule has 2 amide bonds. The van der Waals surface area contributed by atoms with Crippen LogP contribution in [0, 0.1) is 6.92 Å². The highest BCUT2D eigenvalue weighted by atomic mass is 16.2. The van der Waals surface area contributed by atoms with E-state index in [-0.39, 0.29) is 6.03 Å². The summed E-state index contributed by atoms with van der Waals surface area (Å²) in [6.45, 7) is 13.9. The zero-order valence-corrected chi connectivity index (χ0v) is 16.6. The molecule has 0 bridgehead atoms. The zero-order valence-electron chi connectivity index (χ0n) is 16.6. The molecule has 3 rings (SSSR count). The monoisotopic (exact) mass is 374 g/mol. The molecule has 1 aliphatic rings. The van der Waals surface area contributed by atoms with Crippen LogP contribution in [-0.2, 0) is 6.54 Å². The van der Waals surface area contributed by atoms with Crippen molar-refractivity contribution in [2.75, 3.05) is 52.4 Å². The van der Waals surface area contributed by atoms with Crippen LogP contribution in [0.25, 0.3) is 5.65 Å². The molecule has 9 nitrogen and oxygen atoms in total. The number of aromatic nitrogens is 4. The Morgan fingerprint density at radius 2 is 1.63 bits per heavy atom. The number of hydrogen-bond acceptors (Lipinski definition) is 6. The molecule has 1 fully saturated rings. The van der Waals surface area contributed by atoms with Gasteiger partial charge in [-0.15, -0.1) is 10.2 Å². The number of carbonyl (C=O) groups is 1. The molecule has 9 heteroatoms. The first kappa shape index (κ1) is 19.5. The fourth-order valence-electron chi connectivity index (χ4n) is 3.28. The number of aryl methyl sites for hydroxylation is 1. The summed E-state index contributed by atoms with van der Waals surface area (Å²) in [5.41, 5.74) is 1.57. The second kappa shape index (κ2) is 9.09. The van der Waals surface area contributed by atoms with Crippen LogP contribution in [0.1, 0.15) is 25.4 Å². The van der Waals surface area contributed by atoms with Gasteiger partial charge < -0.3 is 20.0 Å². The molecule has 0 aromatic carbocycles. The van der Waals surface area contributed by atoms with Gasteiger partial charge in [-0.2, -0.15) is 9.61 Å². The molecule has 0 atom stereocenters. The van der Waals surface area contributed by atoms with Crippen LogP contribution < -0.4 is 5.32 Å². The number of hydrogen-bond donors (Lipinski definition) is 1. The number of likely N-dealkylation sites (N-methyl/N-ethyl adjacent to an activating group) is 2. The Bertz CT molecular complexity index is 745. The summed E-state index contributed by atoms with van der Waals surface area (Å²) >= 11 is 0. The average Bonchev–Trinajstić information content (AvgIpc) is 3.11. The van der Waals surface area contributed by atoms with Gasteiger partial charge in [0.05, 0.1) is 12.2 Å². The fraction of sp³-hybridized carbons (Fsp3) is 0.667. The third-order valence-electron chi connectivity index (χ3n) is 5.14. The number of nitrogens with one attached hydrogen (secondary N) is 1. The van der Waals surface area contributed by atoms with Gasteiger partial charge in [0.2, 0.25) is 0 Å². The number of carbonyl (C=O) groups excluding carboxylic acids is 1. The molecule has 3 heterocycles. The predicted octanol–water partition coefficient (Wildman–Crippen LogP) is 0.602. The van der Waals surface area contributed by atoms with E-state index >= 15 is 0 Å². The van der Waals surface area contributed by atoms with Gasteiger partial charge in [-0.25, -0.2) is 4.79 Å². The summed E-state index contributed by atoms with van der Waals surface area (Å²) < 4.78 is 1.69. The van der Waals surface area contributed by atoms with Gasteiger partial charge in [0.1, 0.15) is 0 Å². The lowest BCUT2D eigenvalue weighted by Crippen LogP contribution is -2.45. The van der Waals surface area contributed by atoms with E-state index in [4.69, 9.17) is 0 Å². The summed E-state index contributed by atoms with van der Waals surface area (Å²) in [5, 5.41) is 15.7. The van der Waals surface area contributed by atoms with Crippen LogP contribution in [0.3, 0.4) is 0 Å². The molecule has 148 valence electrons. The molecule has 1 aliphatic heterocycles. The highest BCUT2D eigenvalue weighted by molar-refractivity contribution is 5.74. The third-order valence-corrected chi connectivity index (χ3v) is 5.14. The lowest BCUT2D eigenvalue weighted by molar-refractivity contribution is 0.186. The van der Waals surface area contributed by atoms with Gasteiger partial charge in [0.15, 0.2) is 11.5 Å². The van der Waals surface area contributed by atoms with E-state index < -0.39 is 0 Å². The average molecular weight is 374 g/mol. The second-order valence-electron chi connectivity index (χ2n) is 6.88. The largest absolute Gasteiger partial charge is 0.331 e. The Kier molecular flexibility index (Phi) is 6.57. The number of urea groups is 1. The molecule has 0 spiro atoms. The zero-order chi connectivity index (χ0) is 19.2. The maximum Gasteiger partial charge on any atom is 0.317 e. The first-order valence-corrected chi connectivity index (χ1v) is 9.76. The molecular weight excluding hydrogens is 344 g/mol. The van der Waals surface area contributed by atoms with Crippen molar-refractivity contribution < 1.29 is 4.79 Å². The van der Waals surface area contributed by atoms with Crippen molar-refractivity contribution in [1.29, 1.82) is 0 Å². The van der Waals surface area contributed by atoms with E-state index in [9.17, 15) is 4.79 Å². The Hall–Kier alpha value is -2.26. The van der Waals surface area contributed by atoms with Crippen molar-refractivity contribution in [2.45, 2.75) is 27.3 Å². The molecule has 0 unspecified atom stereocenters. The molecule has 0 aliphatic carbocycles. The molecule has 0 radical (unpaired) electrons. The quantitative estimate of drug-likeness (QED) is 0.844. The predicted molar refractivity (Wildman–Crippen MR) is 104 cm³/mol. The van der Waals surface area contributed by atoms with Crippen molar-refractivity contribution in [3.05, 3.63) is 23.7 Å². The van der Waals surface area contributed by atoms with Crippen molar-refractivity contribution in [2.24, 2.45) is 0 Å². The van der Waals surface area contributed by atoms with Crippen molar-refractivity contribution in [3.8, 4) is 0 Å². The number of amides is 2. The summed E-state index contributed by atoms with van der Waals surface area (Å²) in [6, 6.07) is 3.71. The summed E-state index contributed by atoms with van der Waals surface area (Å²) in [7, 11) is 0. The van der Waals surface area contributed by atoms with Crippen LogP contribution in [0.5, 0.6) is 0 Å². The maximum absolute atomic E-state index is 12.8. The summed E-state index contributed by atoms with van der Waals surface area (Å²) in [4.78, 5) is 19.5. The minimum absolute atomic E-state index is 0.0617. The minimum atomic E-state index is -0.0617. The standard InChI is InChI=1S/C18H30N8O/c1-4-23-8-9-24(5-2)11-13-25(12-10-23)18(27)19-14-17-21-20-16-7-6-15(3)22-26(16)17/h6-7H,4-5,8-14H2,1-3H3,(H,19,27). The van der Waals surface area contributed by atoms with Crippen LogP contribution >= 0.6 is 0 Å². The first-order chi connectivity index (χ1) is 13.1. The molecule has 2 aromatic heterocycles. The highest BCUT2D eigenvalue weighted by Crippen LogP contribution is 2.04. The molecule has 1 saturated heterocycles. The Morgan fingerprint density at radius 1 is 1.00 bits per heavy atom. The number of nitrogens with zero attached hydrogens (tertiary/aromatic N) is 7.